The lowest BCUT2D eigenvalue weighted by molar-refractivity contribution is -0.149. The van der Waals surface area contributed by atoms with Crippen LogP contribution in [-0.4, -0.2) is 48.1 Å². The summed E-state index contributed by atoms with van der Waals surface area (Å²) in [5.41, 5.74) is 0.962. The Morgan fingerprint density at radius 3 is 2.51 bits per heavy atom. The molecule has 0 spiro atoms. The number of oxime groups is 2. The maximum atomic E-state index is 12.7. The molecule has 9 heteroatoms. The Balaban J connectivity index is 1.51. The molecule has 0 unspecified atom stereocenters. The summed E-state index contributed by atoms with van der Waals surface area (Å²) in [5, 5.41) is 8.40. The summed E-state index contributed by atoms with van der Waals surface area (Å²) < 4.78 is 10.6. The van der Waals surface area contributed by atoms with Crippen LogP contribution in [0.4, 0.5) is 0 Å². The van der Waals surface area contributed by atoms with Crippen LogP contribution in [0.2, 0.25) is 0 Å². The monoisotopic (exact) mass is 514 g/mol. The van der Waals surface area contributed by atoms with Gasteiger partial charge in [0.05, 0.1) is 13.0 Å². The van der Waals surface area contributed by atoms with Gasteiger partial charge in [0, 0.05) is 25.7 Å². The highest BCUT2D eigenvalue weighted by Gasteiger charge is 2.74. The van der Waals surface area contributed by atoms with Gasteiger partial charge in [0.1, 0.15) is 11.8 Å². The predicted octanol–water partition coefficient (Wildman–Crippen LogP) is 4.34. The number of esters is 2. The Morgan fingerprint density at radius 1 is 1.08 bits per heavy atom. The molecule has 202 valence electrons. The number of carbonyl (C=O) groups excluding carboxylic acids is 3. The molecule has 8 atom stereocenters. The fourth-order valence-corrected chi connectivity index (χ4v) is 8.87. The zero-order valence-electron chi connectivity index (χ0n) is 22.7. The number of fused-ring (bicyclic) bond motifs is 7. The molecule has 4 aliphatic carbocycles. The SMILES string of the molecule is COC(=O)C1=NO[C@]2(/C(C)=N/OC(C)=O)[C@H]1C[C@@H]1[C@H]3CC=C4C[C@@H](OC(C)=O)CC[C@]4(C)[C@H]3CC[C@@]12C. The average molecular weight is 515 g/mol. The summed E-state index contributed by atoms with van der Waals surface area (Å²) in [6, 6.07) is 0. The molecular formula is C28H38N2O7. The topological polar surface area (TPSA) is 113 Å². The minimum atomic E-state index is -0.973. The first-order valence-corrected chi connectivity index (χ1v) is 13.4. The van der Waals surface area contributed by atoms with Gasteiger partial charge >= 0.3 is 17.9 Å². The second kappa shape index (κ2) is 8.95. The first kappa shape index (κ1) is 25.9. The molecule has 0 aromatic heterocycles. The third kappa shape index (κ3) is 3.67. The van der Waals surface area contributed by atoms with Crippen LogP contribution in [-0.2, 0) is 33.5 Å². The van der Waals surface area contributed by atoms with Crippen LogP contribution in [0.25, 0.3) is 0 Å². The van der Waals surface area contributed by atoms with Gasteiger partial charge < -0.3 is 19.1 Å². The first-order valence-electron chi connectivity index (χ1n) is 13.4. The third-order valence-electron chi connectivity index (χ3n) is 10.5. The van der Waals surface area contributed by atoms with Gasteiger partial charge in [-0.25, -0.2) is 9.59 Å². The van der Waals surface area contributed by atoms with Crippen molar-refractivity contribution in [3.63, 3.8) is 0 Å². The van der Waals surface area contributed by atoms with E-state index in [4.69, 9.17) is 19.1 Å². The van der Waals surface area contributed by atoms with Gasteiger partial charge in [-0.3, -0.25) is 4.79 Å². The molecule has 0 radical (unpaired) electrons. The van der Waals surface area contributed by atoms with E-state index in [0.717, 1.165) is 44.9 Å². The Labute approximate surface area is 218 Å². The quantitative estimate of drug-likeness (QED) is 0.180. The molecule has 0 N–H and O–H groups in total. The van der Waals surface area contributed by atoms with E-state index in [-0.39, 0.29) is 40.5 Å². The summed E-state index contributed by atoms with van der Waals surface area (Å²) in [6.45, 7) is 9.22. The van der Waals surface area contributed by atoms with Crippen molar-refractivity contribution in [3.8, 4) is 0 Å². The molecule has 5 rings (SSSR count). The van der Waals surface area contributed by atoms with Crippen LogP contribution in [0.3, 0.4) is 0 Å². The summed E-state index contributed by atoms with van der Waals surface area (Å²) in [5.74, 6) is -0.389. The minimum Gasteiger partial charge on any atom is -0.464 e. The van der Waals surface area contributed by atoms with Crippen molar-refractivity contribution in [3.05, 3.63) is 11.6 Å². The van der Waals surface area contributed by atoms with Crippen molar-refractivity contribution in [2.24, 2.45) is 44.8 Å². The van der Waals surface area contributed by atoms with Gasteiger partial charge in [0.25, 0.3) is 0 Å². The molecular weight excluding hydrogens is 476 g/mol. The number of rotatable bonds is 4. The largest absolute Gasteiger partial charge is 0.464 e. The van der Waals surface area contributed by atoms with E-state index in [1.54, 1.807) is 0 Å². The number of methoxy groups -OCH3 is 1. The Morgan fingerprint density at radius 2 is 1.84 bits per heavy atom. The van der Waals surface area contributed by atoms with Crippen molar-refractivity contribution in [1.29, 1.82) is 0 Å². The molecule has 0 aromatic carbocycles. The molecule has 0 saturated heterocycles. The first-order chi connectivity index (χ1) is 17.5. The van der Waals surface area contributed by atoms with Gasteiger partial charge in [-0.15, -0.1) is 0 Å². The molecule has 5 aliphatic rings. The smallest absolute Gasteiger partial charge is 0.356 e. The van der Waals surface area contributed by atoms with Crippen molar-refractivity contribution in [2.45, 2.75) is 91.3 Å². The maximum Gasteiger partial charge on any atom is 0.356 e. The minimum absolute atomic E-state index is 0.0382. The van der Waals surface area contributed by atoms with Crippen molar-refractivity contribution in [2.75, 3.05) is 7.11 Å². The van der Waals surface area contributed by atoms with Gasteiger partial charge in [-0.1, -0.05) is 35.8 Å². The normalized spacial score (nSPS) is 42.1. The fourth-order valence-electron chi connectivity index (χ4n) is 8.87. The van der Waals surface area contributed by atoms with Crippen LogP contribution in [0.15, 0.2) is 22.0 Å². The van der Waals surface area contributed by atoms with E-state index >= 15 is 0 Å². The summed E-state index contributed by atoms with van der Waals surface area (Å²) in [4.78, 5) is 47.1. The number of carbonyl (C=O) groups is 3. The van der Waals surface area contributed by atoms with Crippen molar-refractivity contribution >= 4 is 29.3 Å². The highest BCUT2D eigenvalue weighted by Crippen LogP contribution is 2.70. The van der Waals surface area contributed by atoms with Gasteiger partial charge in [-0.2, -0.15) is 0 Å². The molecule has 0 bridgehead atoms. The summed E-state index contributed by atoms with van der Waals surface area (Å²) >= 11 is 0. The number of hydrogen-bond acceptors (Lipinski definition) is 9. The van der Waals surface area contributed by atoms with E-state index in [0.29, 0.717) is 17.5 Å². The van der Waals surface area contributed by atoms with Crippen LogP contribution >= 0.6 is 0 Å². The number of hydrogen-bond donors (Lipinski definition) is 0. The Bertz CT molecular complexity index is 1110. The van der Waals surface area contributed by atoms with Gasteiger partial charge in [-0.05, 0) is 68.6 Å². The Kier molecular flexibility index (Phi) is 6.27. The maximum absolute atomic E-state index is 12.7. The van der Waals surface area contributed by atoms with Crippen molar-refractivity contribution < 1.29 is 33.5 Å². The van der Waals surface area contributed by atoms with Crippen LogP contribution < -0.4 is 0 Å². The van der Waals surface area contributed by atoms with E-state index in [1.165, 1.54) is 26.5 Å². The van der Waals surface area contributed by atoms with E-state index < -0.39 is 17.5 Å². The standard InChI is InChI=1S/C28H38N2O7/c1-15(29-36-17(3)32)28-23(24(30-37-28)25(33)34-6)14-22-20-8-7-18-13-19(35-16(2)31)9-11-26(18,4)21(20)10-12-27(22,28)5/h7,19-23H,8-14H2,1-6H3/b29-15+/t19-,20-,21-,22+,23-,26-,27-,28+/m0/s1. The van der Waals surface area contributed by atoms with Crippen molar-refractivity contribution in [1.82, 2.24) is 0 Å². The second-order valence-corrected chi connectivity index (χ2v) is 12.0. The molecule has 9 nitrogen and oxygen atoms in total. The number of nitrogens with zero attached hydrogens (tertiary/aromatic N) is 2. The predicted molar refractivity (Wildman–Crippen MR) is 134 cm³/mol. The lowest BCUT2D eigenvalue weighted by Gasteiger charge is -2.58. The second-order valence-electron chi connectivity index (χ2n) is 12.0. The molecule has 0 aromatic rings. The number of ether oxygens (including phenoxy) is 2. The van der Waals surface area contributed by atoms with E-state index in [9.17, 15) is 14.4 Å². The lowest BCUT2D eigenvalue weighted by atomic mass is 9.46. The highest BCUT2D eigenvalue weighted by molar-refractivity contribution is 6.38. The molecule has 37 heavy (non-hydrogen) atoms. The van der Waals surface area contributed by atoms with Crippen LogP contribution in [0.1, 0.15) is 79.6 Å². The van der Waals surface area contributed by atoms with Crippen LogP contribution in [0, 0.1) is 34.5 Å². The van der Waals surface area contributed by atoms with E-state index in [2.05, 4.69) is 30.2 Å². The molecule has 3 saturated carbocycles. The molecule has 1 aliphatic heterocycles. The lowest BCUT2D eigenvalue weighted by Crippen LogP contribution is -2.59. The molecule has 0 amide bonds. The number of allylic oxidation sites excluding steroid dienone is 1. The van der Waals surface area contributed by atoms with Crippen LogP contribution in [0.5, 0.6) is 0 Å². The molecule has 1 heterocycles. The third-order valence-corrected chi connectivity index (χ3v) is 10.5. The zero-order chi connectivity index (χ0) is 26.8. The zero-order valence-corrected chi connectivity index (χ0v) is 22.7. The Hall–Kier alpha value is -2.71. The highest BCUT2D eigenvalue weighted by atomic mass is 16.7. The summed E-state index contributed by atoms with van der Waals surface area (Å²) in [6.07, 6.45) is 8.59. The summed E-state index contributed by atoms with van der Waals surface area (Å²) in [7, 11) is 1.35. The van der Waals surface area contributed by atoms with Gasteiger partial charge in [0.15, 0.2) is 11.3 Å². The van der Waals surface area contributed by atoms with E-state index in [1.807, 2.05) is 6.92 Å². The average Bonchev–Trinajstić information content (AvgIpc) is 3.35. The fraction of sp³-hybridized carbons (Fsp3) is 0.750. The van der Waals surface area contributed by atoms with Gasteiger partial charge in [0.2, 0.25) is 0 Å². The molecule has 3 fully saturated rings.